The van der Waals surface area contributed by atoms with Crippen molar-refractivity contribution in [3.05, 3.63) is 34.9 Å². The number of nitrogens with one attached hydrogen (secondary N) is 1. The Morgan fingerprint density at radius 2 is 2.06 bits per heavy atom. The lowest BCUT2D eigenvalue weighted by Gasteiger charge is -2.24. The Bertz CT molecular complexity index is 551. The van der Waals surface area contributed by atoms with E-state index in [2.05, 4.69) is 31.3 Å². The molecule has 18 heavy (non-hydrogen) atoms. The lowest BCUT2D eigenvalue weighted by molar-refractivity contribution is 0.395. The van der Waals surface area contributed by atoms with E-state index in [1.54, 1.807) is 0 Å². The van der Waals surface area contributed by atoms with Crippen molar-refractivity contribution in [1.29, 1.82) is 0 Å². The molecular formula is C14H21NO2S. The third-order valence-corrected chi connectivity index (χ3v) is 5.83. The molecule has 1 aromatic carbocycles. The highest BCUT2D eigenvalue weighted by Gasteiger charge is 2.37. The molecule has 0 amide bonds. The van der Waals surface area contributed by atoms with E-state index in [9.17, 15) is 8.42 Å². The molecule has 0 bridgehead atoms. The molecule has 1 aromatic rings. The van der Waals surface area contributed by atoms with Gasteiger partial charge in [-0.2, -0.15) is 0 Å². The van der Waals surface area contributed by atoms with Gasteiger partial charge in [0, 0.05) is 12.1 Å². The van der Waals surface area contributed by atoms with Crippen molar-refractivity contribution in [2.24, 2.45) is 0 Å². The molecule has 0 radical (unpaired) electrons. The second-order valence-electron chi connectivity index (χ2n) is 5.62. The van der Waals surface area contributed by atoms with Gasteiger partial charge in [0.15, 0.2) is 9.84 Å². The Morgan fingerprint density at radius 1 is 1.33 bits per heavy atom. The normalized spacial score (nSPS) is 26.4. The zero-order valence-corrected chi connectivity index (χ0v) is 12.1. The molecule has 1 saturated heterocycles. The fraction of sp³-hybridized carbons (Fsp3) is 0.571. The van der Waals surface area contributed by atoms with Gasteiger partial charge >= 0.3 is 0 Å². The Balaban J connectivity index is 2.06. The minimum absolute atomic E-state index is 0.255. The van der Waals surface area contributed by atoms with Crippen molar-refractivity contribution < 1.29 is 8.42 Å². The molecular weight excluding hydrogens is 246 g/mol. The van der Waals surface area contributed by atoms with Gasteiger partial charge in [-0.15, -0.1) is 0 Å². The molecule has 0 spiro atoms. The zero-order valence-electron chi connectivity index (χ0n) is 11.3. The summed E-state index contributed by atoms with van der Waals surface area (Å²) in [7, 11) is -2.84. The van der Waals surface area contributed by atoms with Gasteiger partial charge in [-0.3, -0.25) is 0 Å². The van der Waals surface area contributed by atoms with Crippen LogP contribution in [0.25, 0.3) is 0 Å². The van der Waals surface area contributed by atoms with E-state index in [0.717, 1.165) is 6.54 Å². The smallest absolute Gasteiger partial charge is 0.152 e. The summed E-state index contributed by atoms with van der Waals surface area (Å²) in [6, 6.07) is 6.25. The quantitative estimate of drug-likeness (QED) is 0.911. The highest BCUT2D eigenvalue weighted by molar-refractivity contribution is 7.91. The van der Waals surface area contributed by atoms with Crippen molar-refractivity contribution in [2.45, 2.75) is 39.3 Å². The molecule has 0 saturated carbocycles. The Morgan fingerprint density at radius 3 is 2.67 bits per heavy atom. The summed E-state index contributed by atoms with van der Waals surface area (Å²) in [6.07, 6.45) is 0.709. The molecule has 1 unspecified atom stereocenters. The van der Waals surface area contributed by atoms with Gasteiger partial charge < -0.3 is 5.32 Å². The molecule has 1 aliphatic rings. The molecule has 2 rings (SSSR count). The number of benzene rings is 1. The number of hydrogen-bond donors (Lipinski definition) is 1. The zero-order chi connectivity index (χ0) is 13.4. The first kappa shape index (κ1) is 13.6. The minimum Gasteiger partial charge on any atom is -0.306 e. The van der Waals surface area contributed by atoms with Crippen molar-refractivity contribution in [2.75, 3.05) is 11.5 Å². The van der Waals surface area contributed by atoms with E-state index in [0.29, 0.717) is 12.2 Å². The second-order valence-corrected chi connectivity index (χ2v) is 7.80. The lowest BCUT2D eigenvalue weighted by Crippen LogP contribution is -2.42. The van der Waals surface area contributed by atoms with E-state index in [-0.39, 0.29) is 11.3 Å². The minimum atomic E-state index is -2.84. The summed E-state index contributed by atoms with van der Waals surface area (Å²) in [4.78, 5) is 0. The number of sulfone groups is 1. The Hall–Kier alpha value is -0.870. The Kier molecular flexibility index (Phi) is 3.52. The molecule has 1 fully saturated rings. The molecule has 1 heterocycles. The lowest BCUT2D eigenvalue weighted by atomic mass is 9.99. The third kappa shape index (κ3) is 2.93. The van der Waals surface area contributed by atoms with Crippen LogP contribution >= 0.6 is 0 Å². The van der Waals surface area contributed by atoms with Crippen molar-refractivity contribution in [1.82, 2.24) is 5.32 Å². The molecule has 1 N–H and O–H groups in total. The summed E-state index contributed by atoms with van der Waals surface area (Å²) < 4.78 is 23.1. The average Bonchev–Trinajstić information content (AvgIpc) is 2.56. The second kappa shape index (κ2) is 4.67. The highest BCUT2D eigenvalue weighted by atomic mass is 32.2. The predicted molar refractivity (Wildman–Crippen MR) is 74.4 cm³/mol. The van der Waals surface area contributed by atoms with Gasteiger partial charge in [-0.25, -0.2) is 8.42 Å². The van der Waals surface area contributed by atoms with Crippen LogP contribution in [0.15, 0.2) is 18.2 Å². The van der Waals surface area contributed by atoms with Crippen LogP contribution < -0.4 is 5.32 Å². The highest BCUT2D eigenvalue weighted by Crippen LogP contribution is 2.24. The summed E-state index contributed by atoms with van der Waals surface area (Å²) in [5, 5.41) is 3.42. The first-order valence-electron chi connectivity index (χ1n) is 6.32. The predicted octanol–water partition coefficient (Wildman–Crippen LogP) is 1.97. The SMILES string of the molecule is Cc1cccc(CNC2(C)CCS(=O)(=O)C2)c1C. The Labute approximate surface area is 110 Å². The standard InChI is InChI=1S/C14H21NO2S/c1-11-5-4-6-13(12(11)2)9-15-14(3)7-8-18(16,17)10-14/h4-6,15H,7-10H2,1-3H3. The third-order valence-electron chi connectivity index (χ3n) is 3.93. The molecule has 3 nitrogen and oxygen atoms in total. The van der Waals surface area contributed by atoms with E-state index < -0.39 is 9.84 Å². The average molecular weight is 267 g/mol. The van der Waals surface area contributed by atoms with E-state index in [4.69, 9.17) is 0 Å². The fourth-order valence-corrected chi connectivity index (χ4v) is 4.58. The fourth-order valence-electron chi connectivity index (χ4n) is 2.46. The van der Waals surface area contributed by atoms with Gasteiger partial charge in [-0.1, -0.05) is 18.2 Å². The summed E-state index contributed by atoms with van der Waals surface area (Å²) in [5.41, 5.74) is 3.54. The van der Waals surface area contributed by atoms with Crippen molar-refractivity contribution >= 4 is 9.84 Å². The van der Waals surface area contributed by atoms with Crippen LogP contribution in [-0.2, 0) is 16.4 Å². The maximum atomic E-state index is 11.5. The van der Waals surface area contributed by atoms with Crippen LogP contribution in [0, 0.1) is 13.8 Å². The van der Waals surface area contributed by atoms with Crippen molar-refractivity contribution in [3.8, 4) is 0 Å². The summed E-state index contributed by atoms with van der Waals surface area (Å²) >= 11 is 0. The number of hydrogen-bond acceptors (Lipinski definition) is 3. The molecule has 100 valence electrons. The van der Waals surface area contributed by atoms with Crippen LogP contribution in [0.2, 0.25) is 0 Å². The van der Waals surface area contributed by atoms with E-state index in [1.807, 2.05) is 13.0 Å². The maximum Gasteiger partial charge on any atom is 0.152 e. The number of aryl methyl sites for hydroxylation is 1. The first-order chi connectivity index (χ1) is 8.31. The van der Waals surface area contributed by atoms with Gasteiger partial charge in [0.1, 0.15) is 0 Å². The topological polar surface area (TPSA) is 46.2 Å². The summed E-state index contributed by atoms with van der Waals surface area (Å²) in [6.45, 7) is 6.95. The van der Waals surface area contributed by atoms with Gasteiger partial charge in [0.25, 0.3) is 0 Å². The molecule has 1 atom stereocenters. The largest absolute Gasteiger partial charge is 0.306 e. The molecule has 0 aromatic heterocycles. The van der Waals surface area contributed by atoms with Crippen LogP contribution in [-0.4, -0.2) is 25.5 Å². The van der Waals surface area contributed by atoms with Gasteiger partial charge in [0.2, 0.25) is 0 Å². The molecule has 4 heteroatoms. The maximum absolute atomic E-state index is 11.5. The van der Waals surface area contributed by atoms with Gasteiger partial charge in [-0.05, 0) is 43.9 Å². The number of rotatable bonds is 3. The first-order valence-corrected chi connectivity index (χ1v) is 8.14. The van der Waals surface area contributed by atoms with Crippen LogP contribution in [0.1, 0.15) is 30.0 Å². The van der Waals surface area contributed by atoms with Crippen LogP contribution in [0.5, 0.6) is 0 Å². The van der Waals surface area contributed by atoms with Crippen LogP contribution in [0.3, 0.4) is 0 Å². The monoisotopic (exact) mass is 267 g/mol. The molecule has 1 aliphatic heterocycles. The van der Waals surface area contributed by atoms with Crippen molar-refractivity contribution in [3.63, 3.8) is 0 Å². The van der Waals surface area contributed by atoms with Gasteiger partial charge in [0.05, 0.1) is 11.5 Å². The molecule has 0 aliphatic carbocycles. The van der Waals surface area contributed by atoms with E-state index >= 15 is 0 Å². The summed E-state index contributed by atoms with van der Waals surface area (Å²) in [5.74, 6) is 0.564. The van der Waals surface area contributed by atoms with Crippen LogP contribution in [0.4, 0.5) is 0 Å². The van der Waals surface area contributed by atoms with E-state index in [1.165, 1.54) is 16.7 Å².